The second kappa shape index (κ2) is 8.65. The van der Waals surface area contributed by atoms with Gasteiger partial charge in [0.05, 0.1) is 11.8 Å². The van der Waals surface area contributed by atoms with Gasteiger partial charge in [-0.25, -0.2) is 9.97 Å². The van der Waals surface area contributed by atoms with Gasteiger partial charge in [-0.1, -0.05) is 25.0 Å². The number of anilines is 2. The van der Waals surface area contributed by atoms with E-state index in [2.05, 4.69) is 20.2 Å². The third-order valence-electron chi connectivity index (χ3n) is 4.26. The van der Waals surface area contributed by atoms with Crippen LogP contribution in [0.2, 0.25) is 0 Å². The van der Waals surface area contributed by atoms with E-state index in [0.717, 1.165) is 25.9 Å². The maximum Gasteiger partial charge on any atom is 0.274 e. The fourth-order valence-electron chi connectivity index (χ4n) is 3.01. The highest BCUT2D eigenvalue weighted by Crippen LogP contribution is 2.25. The largest absolute Gasteiger partial charge is 0.489 e. The van der Waals surface area contributed by atoms with Gasteiger partial charge < -0.3 is 15.0 Å². The summed E-state index contributed by atoms with van der Waals surface area (Å²) in [7, 11) is 0. The average Bonchev–Trinajstić information content (AvgIpc) is 2.92. The zero-order valence-corrected chi connectivity index (χ0v) is 15.4. The number of amides is 1. The smallest absolute Gasteiger partial charge is 0.274 e. The molecule has 0 aliphatic carbocycles. The van der Waals surface area contributed by atoms with E-state index in [-0.39, 0.29) is 12.0 Å². The number of carbonyl (C=O) groups excluding carboxylic acids is 1. The van der Waals surface area contributed by atoms with Crippen molar-refractivity contribution in [1.29, 1.82) is 0 Å². The Bertz CT molecular complexity index is 740. The molecule has 0 spiro atoms. The molecule has 1 N–H and O–H groups in total. The van der Waals surface area contributed by atoms with Crippen LogP contribution in [0.15, 0.2) is 36.5 Å². The molecule has 138 valence electrons. The van der Waals surface area contributed by atoms with Crippen molar-refractivity contribution in [2.75, 3.05) is 23.3 Å². The number of para-hydroxylation sites is 2. The molecule has 0 bridgehead atoms. The van der Waals surface area contributed by atoms with Crippen molar-refractivity contribution in [3.05, 3.63) is 42.2 Å². The summed E-state index contributed by atoms with van der Waals surface area (Å²) in [5.41, 5.74) is 1.000. The monoisotopic (exact) mass is 354 g/mol. The first-order valence-electron chi connectivity index (χ1n) is 9.28. The van der Waals surface area contributed by atoms with Gasteiger partial charge in [0.1, 0.15) is 11.4 Å². The van der Waals surface area contributed by atoms with Crippen molar-refractivity contribution in [1.82, 2.24) is 9.97 Å². The van der Waals surface area contributed by atoms with E-state index >= 15 is 0 Å². The van der Waals surface area contributed by atoms with E-state index < -0.39 is 0 Å². The molecule has 1 amide bonds. The summed E-state index contributed by atoms with van der Waals surface area (Å²) in [5, 5.41) is 2.90. The van der Waals surface area contributed by atoms with Crippen molar-refractivity contribution in [2.45, 2.75) is 45.6 Å². The lowest BCUT2D eigenvalue weighted by Gasteiger charge is -2.20. The van der Waals surface area contributed by atoms with Crippen LogP contribution in [0.1, 0.15) is 50.0 Å². The second-order valence-corrected chi connectivity index (χ2v) is 6.76. The maximum atomic E-state index is 12.7. The number of ether oxygens (including phenoxy) is 1. The van der Waals surface area contributed by atoms with E-state index in [1.165, 1.54) is 12.8 Å². The highest BCUT2D eigenvalue weighted by atomic mass is 16.5. The summed E-state index contributed by atoms with van der Waals surface area (Å²) in [6.07, 6.45) is 6.44. The van der Waals surface area contributed by atoms with Crippen LogP contribution in [0, 0.1) is 0 Å². The summed E-state index contributed by atoms with van der Waals surface area (Å²) in [5.74, 6) is 1.02. The molecule has 3 rings (SSSR count). The molecule has 0 radical (unpaired) electrons. The van der Waals surface area contributed by atoms with E-state index in [1.807, 2.05) is 38.1 Å². The molecule has 1 aromatic carbocycles. The second-order valence-electron chi connectivity index (χ2n) is 6.76. The minimum absolute atomic E-state index is 0.0294. The Morgan fingerprint density at radius 2 is 1.85 bits per heavy atom. The van der Waals surface area contributed by atoms with Crippen molar-refractivity contribution in [3.63, 3.8) is 0 Å². The lowest BCUT2D eigenvalue weighted by molar-refractivity contribution is 0.102. The first kappa shape index (κ1) is 18.2. The maximum absolute atomic E-state index is 12.7. The molecule has 1 aromatic heterocycles. The molecule has 1 aliphatic heterocycles. The molecule has 1 aliphatic rings. The zero-order valence-electron chi connectivity index (χ0n) is 15.4. The van der Waals surface area contributed by atoms with Gasteiger partial charge >= 0.3 is 0 Å². The topological polar surface area (TPSA) is 67.3 Å². The molecule has 2 aromatic rings. The number of nitrogens with one attached hydrogen (secondary N) is 1. The van der Waals surface area contributed by atoms with Crippen LogP contribution in [0.3, 0.4) is 0 Å². The molecule has 2 heterocycles. The third-order valence-corrected chi connectivity index (χ3v) is 4.26. The Morgan fingerprint density at radius 3 is 2.58 bits per heavy atom. The number of aromatic nitrogens is 2. The van der Waals surface area contributed by atoms with Crippen LogP contribution < -0.4 is 15.0 Å². The van der Waals surface area contributed by atoms with Crippen LogP contribution in [-0.4, -0.2) is 35.1 Å². The fourth-order valence-corrected chi connectivity index (χ4v) is 3.01. The minimum atomic E-state index is -0.261. The minimum Gasteiger partial charge on any atom is -0.489 e. The summed E-state index contributed by atoms with van der Waals surface area (Å²) in [4.78, 5) is 23.7. The van der Waals surface area contributed by atoms with E-state index in [9.17, 15) is 4.79 Å². The average molecular weight is 354 g/mol. The lowest BCUT2D eigenvalue weighted by Crippen LogP contribution is -2.27. The molecule has 0 atom stereocenters. The molecular formula is C20H26N4O2. The molecule has 1 fully saturated rings. The number of hydrogen-bond acceptors (Lipinski definition) is 5. The quantitative estimate of drug-likeness (QED) is 0.882. The molecule has 0 unspecified atom stereocenters. The summed E-state index contributed by atoms with van der Waals surface area (Å²) >= 11 is 0. The Kier molecular flexibility index (Phi) is 6.04. The highest BCUT2D eigenvalue weighted by molar-refractivity contribution is 6.03. The van der Waals surface area contributed by atoms with E-state index in [4.69, 9.17) is 4.74 Å². The summed E-state index contributed by atoms with van der Waals surface area (Å²) < 4.78 is 5.76. The van der Waals surface area contributed by atoms with Crippen molar-refractivity contribution < 1.29 is 9.53 Å². The van der Waals surface area contributed by atoms with Gasteiger partial charge in [0.25, 0.3) is 5.91 Å². The number of nitrogens with zero attached hydrogens (tertiary/aromatic N) is 3. The van der Waals surface area contributed by atoms with Gasteiger partial charge in [0.15, 0.2) is 0 Å². The van der Waals surface area contributed by atoms with Crippen LogP contribution in [0.25, 0.3) is 0 Å². The SMILES string of the molecule is CC(C)Oc1ccccc1NC(=O)c1ccnc(N2CCCCCC2)n1. The number of rotatable bonds is 5. The van der Waals surface area contributed by atoms with Gasteiger partial charge in [0, 0.05) is 19.3 Å². The molecule has 0 saturated carbocycles. The standard InChI is InChI=1S/C20H26N4O2/c1-15(2)26-18-10-6-5-9-16(18)22-19(25)17-11-12-21-20(23-17)24-13-7-3-4-8-14-24/h5-6,9-12,15H,3-4,7-8,13-14H2,1-2H3,(H,22,25). The Morgan fingerprint density at radius 1 is 1.12 bits per heavy atom. The van der Waals surface area contributed by atoms with Crippen LogP contribution in [-0.2, 0) is 0 Å². The molecule has 1 saturated heterocycles. The Labute approximate surface area is 154 Å². The van der Waals surface area contributed by atoms with Gasteiger partial charge in [-0.15, -0.1) is 0 Å². The zero-order chi connectivity index (χ0) is 18.4. The summed E-state index contributed by atoms with van der Waals surface area (Å²) in [6, 6.07) is 9.06. The molecule has 6 heteroatoms. The van der Waals surface area contributed by atoms with Crippen LogP contribution in [0.5, 0.6) is 5.75 Å². The van der Waals surface area contributed by atoms with E-state index in [1.54, 1.807) is 12.3 Å². The van der Waals surface area contributed by atoms with Crippen LogP contribution >= 0.6 is 0 Å². The molecular weight excluding hydrogens is 328 g/mol. The molecule has 6 nitrogen and oxygen atoms in total. The van der Waals surface area contributed by atoms with Gasteiger partial charge in [0.2, 0.25) is 5.95 Å². The van der Waals surface area contributed by atoms with Crippen molar-refractivity contribution in [2.24, 2.45) is 0 Å². The Hall–Kier alpha value is -2.63. The number of carbonyl (C=O) groups is 1. The van der Waals surface area contributed by atoms with E-state index in [0.29, 0.717) is 23.1 Å². The van der Waals surface area contributed by atoms with Gasteiger partial charge in [-0.05, 0) is 44.9 Å². The molecule has 26 heavy (non-hydrogen) atoms. The first-order chi connectivity index (χ1) is 12.6. The summed E-state index contributed by atoms with van der Waals surface area (Å²) in [6.45, 7) is 5.79. The number of hydrogen-bond donors (Lipinski definition) is 1. The van der Waals surface area contributed by atoms with Gasteiger partial charge in [-0.2, -0.15) is 0 Å². The first-order valence-corrected chi connectivity index (χ1v) is 9.28. The third kappa shape index (κ3) is 4.71. The fraction of sp³-hybridized carbons (Fsp3) is 0.450. The highest BCUT2D eigenvalue weighted by Gasteiger charge is 2.16. The van der Waals surface area contributed by atoms with Crippen molar-refractivity contribution >= 4 is 17.5 Å². The van der Waals surface area contributed by atoms with Gasteiger partial charge in [-0.3, -0.25) is 4.79 Å². The normalized spacial score (nSPS) is 14.8. The number of benzene rings is 1. The predicted molar refractivity (Wildman–Crippen MR) is 103 cm³/mol. The van der Waals surface area contributed by atoms with Crippen molar-refractivity contribution in [3.8, 4) is 5.75 Å². The lowest BCUT2D eigenvalue weighted by atomic mass is 10.2. The Balaban J connectivity index is 1.75. The predicted octanol–water partition coefficient (Wildman–Crippen LogP) is 3.90. The van der Waals surface area contributed by atoms with Crippen LogP contribution in [0.4, 0.5) is 11.6 Å².